The van der Waals surface area contributed by atoms with Gasteiger partial charge in [-0.05, 0) is 95.7 Å². The van der Waals surface area contributed by atoms with Gasteiger partial charge in [-0.3, -0.25) is 24.1 Å². The molecule has 3 aromatic rings. The Morgan fingerprint density at radius 1 is 1.00 bits per heavy atom. The molecule has 1 saturated carbocycles. The van der Waals surface area contributed by atoms with Gasteiger partial charge in [-0.15, -0.1) is 0 Å². The quantitative estimate of drug-likeness (QED) is 0.237. The number of amides is 4. The molecular formula is C35H27BrClFN2O8. The van der Waals surface area contributed by atoms with Crippen LogP contribution >= 0.6 is 27.5 Å². The second-order valence-electron chi connectivity index (χ2n) is 12.7. The summed E-state index contributed by atoms with van der Waals surface area (Å²) in [6.07, 6.45) is 2.10. The largest absolute Gasteiger partial charge is 0.503 e. The highest BCUT2D eigenvalue weighted by molar-refractivity contribution is 9.10. The molecule has 246 valence electrons. The summed E-state index contributed by atoms with van der Waals surface area (Å²) < 4.78 is 19.8. The van der Waals surface area contributed by atoms with Gasteiger partial charge >= 0.3 is 5.97 Å². The van der Waals surface area contributed by atoms with Crippen LogP contribution < -0.4 is 14.5 Å². The van der Waals surface area contributed by atoms with E-state index in [0.717, 1.165) is 15.9 Å². The number of carbonyl (C=O) groups excluding carboxylic acids is 4. The number of halogens is 3. The first-order chi connectivity index (χ1) is 22.8. The van der Waals surface area contributed by atoms with Gasteiger partial charge in [-0.1, -0.05) is 29.3 Å². The lowest BCUT2D eigenvalue weighted by Gasteiger charge is -2.49. The molecule has 0 aromatic heterocycles. The lowest BCUT2D eigenvalue weighted by Crippen LogP contribution is -2.48. The fourth-order valence-electron chi connectivity index (χ4n) is 8.21. The highest BCUT2D eigenvalue weighted by atomic mass is 79.9. The first kappa shape index (κ1) is 32.0. The van der Waals surface area contributed by atoms with Gasteiger partial charge < -0.3 is 14.9 Å². The van der Waals surface area contributed by atoms with E-state index in [9.17, 15) is 38.6 Å². The zero-order valence-corrected chi connectivity index (χ0v) is 27.8. The topological polar surface area (TPSA) is 142 Å². The van der Waals surface area contributed by atoms with Gasteiger partial charge in [0.25, 0.3) is 0 Å². The van der Waals surface area contributed by atoms with Crippen molar-refractivity contribution in [1.82, 2.24) is 0 Å². The standard InChI is InChI=1S/C35H27BrClFN2O8/c1-35-22(31(43)40(34(35)47)18-6-9-25(38)24(37)13-18)14-21-19(28(35)16-11-23(36)29(41)26(12-16)48-2)7-8-20-27(21)32(44)39(30(20)42)17-5-3-4-15(10-17)33(45)46/h3-7,9-13,20-22,27-28,41H,8,14H2,1-2H3,(H,45,46)/t20-,21+,22-,27-,28-,35+/m0/s1. The van der Waals surface area contributed by atoms with Crippen LogP contribution in [0.25, 0.3) is 0 Å². The van der Waals surface area contributed by atoms with Gasteiger partial charge in [0.2, 0.25) is 23.6 Å². The molecule has 2 aliphatic carbocycles. The summed E-state index contributed by atoms with van der Waals surface area (Å²) in [6, 6.07) is 12.4. The van der Waals surface area contributed by atoms with E-state index >= 15 is 0 Å². The molecular weight excluding hydrogens is 711 g/mol. The summed E-state index contributed by atoms with van der Waals surface area (Å²) in [5.41, 5.74) is -0.0366. The molecule has 0 spiro atoms. The monoisotopic (exact) mass is 736 g/mol. The van der Waals surface area contributed by atoms with Crippen LogP contribution in [-0.4, -0.2) is 46.9 Å². The molecule has 2 heterocycles. The van der Waals surface area contributed by atoms with E-state index in [1.54, 1.807) is 19.1 Å². The zero-order valence-electron chi connectivity index (χ0n) is 25.4. The first-order valence-corrected chi connectivity index (χ1v) is 16.3. The number of phenols is 1. The highest BCUT2D eigenvalue weighted by Gasteiger charge is 2.67. The molecule has 0 bridgehead atoms. The van der Waals surface area contributed by atoms with E-state index < -0.39 is 70.4 Å². The number of anilines is 2. The number of rotatable bonds is 5. The molecule has 13 heteroatoms. The molecule has 10 nitrogen and oxygen atoms in total. The molecule has 7 rings (SSSR count). The van der Waals surface area contributed by atoms with Crippen molar-refractivity contribution in [2.75, 3.05) is 16.9 Å². The average molecular weight is 738 g/mol. The number of carboxylic acids is 1. The van der Waals surface area contributed by atoms with Crippen LogP contribution in [0.1, 0.15) is 41.6 Å². The van der Waals surface area contributed by atoms with Crippen LogP contribution in [0.5, 0.6) is 11.5 Å². The molecule has 3 aromatic carbocycles. The van der Waals surface area contributed by atoms with Gasteiger partial charge in [0, 0.05) is 5.92 Å². The molecule has 3 fully saturated rings. The molecule has 48 heavy (non-hydrogen) atoms. The van der Waals surface area contributed by atoms with Crippen molar-refractivity contribution in [2.45, 2.75) is 25.7 Å². The third-order valence-electron chi connectivity index (χ3n) is 10.4. The van der Waals surface area contributed by atoms with Crippen LogP contribution in [0.2, 0.25) is 5.02 Å². The molecule has 2 saturated heterocycles. The third-order valence-corrected chi connectivity index (χ3v) is 11.3. The number of phenolic OH excluding ortho intramolecular Hbond substituents is 1. The number of benzene rings is 3. The molecule has 0 radical (unpaired) electrons. The van der Waals surface area contributed by atoms with Gasteiger partial charge in [0.05, 0.1) is 56.7 Å². The maximum Gasteiger partial charge on any atom is 0.335 e. The van der Waals surface area contributed by atoms with E-state index in [4.69, 9.17) is 16.3 Å². The first-order valence-electron chi connectivity index (χ1n) is 15.1. The summed E-state index contributed by atoms with van der Waals surface area (Å²) >= 11 is 9.44. The summed E-state index contributed by atoms with van der Waals surface area (Å²) in [5, 5.41) is 19.9. The number of fused-ring (bicyclic) bond motifs is 4. The van der Waals surface area contributed by atoms with Crippen LogP contribution in [0.4, 0.5) is 15.8 Å². The minimum Gasteiger partial charge on any atom is -0.503 e. The Labute approximate surface area is 286 Å². The predicted molar refractivity (Wildman–Crippen MR) is 174 cm³/mol. The Morgan fingerprint density at radius 3 is 2.42 bits per heavy atom. The van der Waals surface area contributed by atoms with Crippen LogP contribution in [0.3, 0.4) is 0 Å². The summed E-state index contributed by atoms with van der Waals surface area (Å²) in [5.74, 6) is -8.15. The molecule has 4 aliphatic rings. The maximum absolute atomic E-state index is 14.6. The smallest absolute Gasteiger partial charge is 0.335 e. The van der Waals surface area contributed by atoms with E-state index in [0.29, 0.717) is 11.1 Å². The Hall–Kier alpha value is -4.55. The SMILES string of the molecule is COc1cc([C@H]2C3=CC[C@@H]4C(=O)N(c5cccc(C(=O)O)c5)C(=O)[C@@H]4[C@@H]3C[C@H]3C(=O)N(c4ccc(F)c(Cl)c4)C(=O)[C@@]23C)cc(Br)c1O. The number of imide groups is 2. The van der Waals surface area contributed by atoms with Gasteiger partial charge in [-0.25, -0.2) is 14.1 Å². The number of ether oxygens (including phenoxy) is 1. The van der Waals surface area contributed by atoms with Crippen molar-refractivity contribution >= 4 is 68.5 Å². The van der Waals surface area contributed by atoms with Crippen molar-refractivity contribution in [2.24, 2.45) is 29.1 Å². The molecule has 6 atom stereocenters. The van der Waals surface area contributed by atoms with E-state index in [-0.39, 0.29) is 50.8 Å². The van der Waals surface area contributed by atoms with Gasteiger partial charge in [0.1, 0.15) is 5.82 Å². The van der Waals surface area contributed by atoms with E-state index in [1.165, 1.54) is 43.5 Å². The van der Waals surface area contributed by atoms with E-state index in [1.807, 2.05) is 6.08 Å². The zero-order chi connectivity index (χ0) is 34.4. The summed E-state index contributed by atoms with van der Waals surface area (Å²) in [4.78, 5) is 70.7. The summed E-state index contributed by atoms with van der Waals surface area (Å²) in [6.45, 7) is 1.69. The van der Waals surface area contributed by atoms with Crippen LogP contribution in [0, 0.1) is 34.9 Å². The fraction of sp³-hybridized carbons (Fsp3) is 0.286. The molecule has 4 amide bonds. The molecule has 2 N–H and O–H groups in total. The molecule has 0 unspecified atom stereocenters. The number of methoxy groups -OCH3 is 1. The number of hydrogen-bond donors (Lipinski definition) is 2. The van der Waals surface area contributed by atoms with Crippen molar-refractivity contribution in [3.8, 4) is 11.5 Å². The van der Waals surface area contributed by atoms with Crippen molar-refractivity contribution in [1.29, 1.82) is 0 Å². The maximum atomic E-state index is 14.6. The predicted octanol–water partition coefficient (Wildman–Crippen LogP) is 6.09. The minimum atomic E-state index is -1.41. The second kappa shape index (κ2) is 11.3. The Bertz CT molecular complexity index is 2020. The van der Waals surface area contributed by atoms with Gasteiger partial charge in [0.15, 0.2) is 11.5 Å². The number of aromatic hydroxyl groups is 1. The minimum absolute atomic E-state index is 0.0639. The number of allylic oxidation sites excluding steroid dienone is 2. The highest BCUT2D eigenvalue weighted by Crippen LogP contribution is 2.64. The molecule has 2 aliphatic heterocycles. The lowest BCUT2D eigenvalue weighted by atomic mass is 9.51. The second-order valence-corrected chi connectivity index (χ2v) is 13.9. The normalized spacial score (nSPS) is 27.9. The Morgan fingerprint density at radius 2 is 1.73 bits per heavy atom. The van der Waals surface area contributed by atoms with Crippen LogP contribution in [0.15, 0.2) is 70.7 Å². The van der Waals surface area contributed by atoms with Crippen molar-refractivity contribution < 1.29 is 43.3 Å². The Kier molecular flexibility index (Phi) is 7.52. The third kappa shape index (κ3) is 4.45. The average Bonchev–Trinajstić information content (AvgIpc) is 3.43. The van der Waals surface area contributed by atoms with E-state index in [2.05, 4.69) is 15.9 Å². The number of aromatic carboxylic acids is 1. The van der Waals surface area contributed by atoms with Crippen molar-refractivity contribution in [3.63, 3.8) is 0 Å². The Balaban J connectivity index is 1.38. The van der Waals surface area contributed by atoms with Crippen molar-refractivity contribution in [3.05, 3.63) is 92.7 Å². The van der Waals surface area contributed by atoms with Crippen LogP contribution in [-0.2, 0) is 19.2 Å². The summed E-state index contributed by atoms with van der Waals surface area (Å²) in [7, 11) is 1.38. The number of carbonyl (C=O) groups is 5. The van der Waals surface area contributed by atoms with Gasteiger partial charge in [-0.2, -0.15) is 0 Å². The fourth-order valence-corrected chi connectivity index (χ4v) is 8.85. The number of carboxylic acid groups (broad SMARTS) is 1. The number of nitrogens with zero attached hydrogens (tertiary/aromatic N) is 2. The lowest BCUT2D eigenvalue weighted by molar-refractivity contribution is -0.131. The number of hydrogen-bond acceptors (Lipinski definition) is 7.